The Kier molecular flexibility index (Phi) is 4.22. The summed E-state index contributed by atoms with van der Waals surface area (Å²) in [5.74, 6) is -0.937. The van der Waals surface area contributed by atoms with E-state index < -0.39 is 11.6 Å². The second kappa shape index (κ2) is 5.90. The molecule has 2 rings (SSSR count). The van der Waals surface area contributed by atoms with Gasteiger partial charge in [0, 0.05) is 18.4 Å². The van der Waals surface area contributed by atoms with E-state index in [0.29, 0.717) is 0 Å². The molecule has 0 aliphatic heterocycles. The van der Waals surface area contributed by atoms with Gasteiger partial charge in [0.25, 0.3) is 0 Å². The van der Waals surface area contributed by atoms with E-state index in [9.17, 15) is 13.6 Å². The van der Waals surface area contributed by atoms with Crippen molar-refractivity contribution in [1.29, 1.82) is 0 Å². The van der Waals surface area contributed by atoms with Gasteiger partial charge in [-0.15, -0.1) is 0 Å². The molecule has 0 aliphatic rings. The molecule has 1 heterocycles. The van der Waals surface area contributed by atoms with E-state index in [-0.39, 0.29) is 41.8 Å². The van der Waals surface area contributed by atoms with Gasteiger partial charge >= 0.3 is 0 Å². The smallest absolute Gasteiger partial charge is 0.234 e. The second-order valence-electron chi connectivity index (χ2n) is 4.81. The summed E-state index contributed by atoms with van der Waals surface area (Å²) in [6, 6.07) is 3.31. The lowest BCUT2D eigenvalue weighted by molar-refractivity contribution is -0.121. The van der Waals surface area contributed by atoms with Crippen LogP contribution >= 0.6 is 0 Å². The second-order valence-corrected chi connectivity index (χ2v) is 4.81. The standard InChI is InChI=1S/C14H14F2N2O2/c1-8(2)12(19)7-14-17-13(18-20-14)5-9-3-4-10(15)6-11(9)16/h3-4,6,8H,5,7H2,1-2H3. The Balaban J connectivity index is 2.07. The van der Waals surface area contributed by atoms with Crippen LogP contribution in [0.5, 0.6) is 0 Å². The summed E-state index contributed by atoms with van der Waals surface area (Å²) < 4.78 is 31.2. The summed E-state index contributed by atoms with van der Waals surface area (Å²) in [4.78, 5) is 15.6. The molecule has 0 aliphatic carbocycles. The van der Waals surface area contributed by atoms with E-state index in [1.165, 1.54) is 12.1 Å². The van der Waals surface area contributed by atoms with Crippen molar-refractivity contribution in [3.05, 3.63) is 47.1 Å². The molecule has 1 aromatic carbocycles. The van der Waals surface area contributed by atoms with Gasteiger partial charge in [0.2, 0.25) is 5.89 Å². The van der Waals surface area contributed by atoms with E-state index in [1.54, 1.807) is 13.8 Å². The summed E-state index contributed by atoms with van der Waals surface area (Å²) >= 11 is 0. The molecule has 6 heteroatoms. The average molecular weight is 280 g/mol. The number of Topliss-reactive ketones (excluding diaryl/α,β-unsaturated/α-hetero) is 1. The maximum atomic E-state index is 13.5. The van der Waals surface area contributed by atoms with Gasteiger partial charge < -0.3 is 4.52 Å². The summed E-state index contributed by atoms with van der Waals surface area (Å²) in [6.45, 7) is 3.57. The van der Waals surface area contributed by atoms with Crippen molar-refractivity contribution in [3.63, 3.8) is 0 Å². The maximum absolute atomic E-state index is 13.5. The summed E-state index contributed by atoms with van der Waals surface area (Å²) in [6.07, 6.45) is 0.155. The fraction of sp³-hybridized carbons (Fsp3) is 0.357. The monoisotopic (exact) mass is 280 g/mol. The molecule has 2 aromatic rings. The highest BCUT2D eigenvalue weighted by Gasteiger charge is 2.15. The van der Waals surface area contributed by atoms with Crippen molar-refractivity contribution < 1.29 is 18.1 Å². The third kappa shape index (κ3) is 3.46. The molecular formula is C14H14F2N2O2. The third-order valence-corrected chi connectivity index (χ3v) is 2.84. The largest absolute Gasteiger partial charge is 0.339 e. The predicted octanol–water partition coefficient (Wildman–Crippen LogP) is 2.71. The van der Waals surface area contributed by atoms with Crippen molar-refractivity contribution in [2.75, 3.05) is 0 Å². The molecule has 1 aromatic heterocycles. The van der Waals surface area contributed by atoms with Crippen LogP contribution in [0.4, 0.5) is 8.78 Å². The molecule has 0 atom stereocenters. The Morgan fingerprint density at radius 3 is 2.75 bits per heavy atom. The molecule has 0 fully saturated rings. The fourth-order valence-electron chi connectivity index (χ4n) is 1.62. The minimum Gasteiger partial charge on any atom is -0.339 e. The highest BCUT2D eigenvalue weighted by atomic mass is 19.1. The Hall–Kier alpha value is -2.11. The zero-order valence-corrected chi connectivity index (χ0v) is 11.2. The summed E-state index contributed by atoms with van der Waals surface area (Å²) in [5.41, 5.74) is 0.272. The predicted molar refractivity (Wildman–Crippen MR) is 67.0 cm³/mol. The van der Waals surface area contributed by atoms with E-state index in [1.807, 2.05) is 0 Å². The van der Waals surface area contributed by atoms with Crippen LogP contribution in [0, 0.1) is 17.6 Å². The van der Waals surface area contributed by atoms with Crippen molar-refractivity contribution in [2.45, 2.75) is 26.7 Å². The first kappa shape index (κ1) is 14.3. The van der Waals surface area contributed by atoms with Gasteiger partial charge in [-0.25, -0.2) is 8.78 Å². The minimum atomic E-state index is -0.658. The lowest BCUT2D eigenvalue weighted by Gasteiger charge is -1.99. The molecule has 106 valence electrons. The molecule has 0 unspecified atom stereocenters. The zero-order chi connectivity index (χ0) is 14.7. The molecule has 0 saturated carbocycles. The number of carbonyl (C=O) groups is 1. The highest BCUT2D eigenvalue weighted by molar-refractivity contribution is 5.81. The van der Waals surface area contributed by atoms with Crippen molar-refractivity contribution in [3.8, 4) is 0 Å². The maximum Gasteiger partial charge on any atom is 0.234 e. The first-order valence-electron chi connectivity index (χ1n) is 6.24. The molecule has 20 heavy (non-hydrogen) atoms. The molecule has 0 radical (unpaired) electrons. The van der Waals surface area contributed by atoms with Gasteiger partial charge in [-0.1, -0.05) is 25.1 Å². The fourth-order valence-corrected chi connectivity index (χ4v) is 1.62. The zero-order valence-electron chi connectivity index (χ0n) is 11.2. The van der Waals surface area contributed by atoms with Gasteiger partial charge in [0.05, 0.1) is 6.42 Å². The van der Waals surface area contributed by atoms with Crippen LogP contribution in [0.1, 0.15) is 31.1 Å². The van der Waals surface area contributed by atoms with Crippen LogP contribution in [0.2, 0.25) is 0 Å². The SMILES string of the molecule is CC(C)C(=O)Cc1nc(Cc2ccc(F)cc2F)no1. The van der Waals surface area contributed by atoms with Crippen molar-refractivity contribution in [1.82, 2.24) is 10.1 Å². The quantitative estimate of drug-likeness (QED) is 0.845. The van der Waals surface area contributed by atoms with E-state index in [2.05, 4.69) is 10.1 Å². The minimum absolute atomic E-state index is 0.00633. The van der Waals surface area contributed by atoms with E-state index >= 15 is 0 Å². The van der Waals surface area contributed by atoms with Gasteiger partial charge in [-0.05, 0) is 11.6 Å². The third-order valence-electron chi connectivity index (χ3n) is 2.84. The first-order valence-corrected chi connectivity index (χ1v) is 6.24. The average Bonchev–Trinajstić information content (AvgIpc) is 2.80. The van der Waals surface area contributed by atoms with Crippen LogP contribution in [-0.4, -0.2) is 15.9 Å². The molecule has 0 N–H and O–H groups in total. The van der Waals surface area contributed by atoms with Crippen LogP contribution in [0.3, 0.4) is 0 Å². The van der Waals surface area contributed by atoms with Gasteiger partial charge in [-0.3, -0.25) is 4.79 Å². The Morgan fingerprint density at radius 1 is 1.35 bits per heavy atom. The summed E-state index contributed by atoms with van der Waals surface area (Å²) in [5, 5.41) is 3.69. The Morgan fingerprint density at radius 2 is 2.10 bits per heavy atom. The topological polar surface area (TPSA) is 56.0 Å². The first-order chi connectivity index (χ1) is 9.45. The number of rotatable bonds is 5. The Bertz CT molecular complexity index is 623. The van der Waals surface area contributed by atoms with Gasteiger partial charge in [0.1, 0.15) is 17.4 Å². The van der Waals surface area contributed by atoms with E-state index in [0.717, 1.165) is 6.07 Å². The van der Waals surface area contributed by atoms with Gasteiger partial charge in [-0.2, -0.15) is 4.98 Å². The number of hydrogen-bond donors (Lipinski definition) is 0. The molecule has 0 spiro atoms. The molecule has 0 amide bonds. The number of aromatic nitrogens is 2. The number of halogens is 2. The van der Waals surface area contributed by atoms with E-state index in [4.69, 9.17) is 4.52 Å². The van der Waals surface area contributed by atoms with Crippen LogP contribution in [0.15, 0.2) is 22.7 Å². The lowest BCUT2D eigenvalue weighted by Crippen LogP contribution is -2.10. The number of ketones is 1. The van der Waals surface area contributed by atoms with Crippen molar-refractivity contribution in [2.24, 2.45) is 5.92 Å². The summed E-state index contributed by atoms with van der Waals surface area (Å²) in [7, 11) is 0. The number of benzene rings is 1. The molecule has 4 nitrogen and oxygen atoms in total. The normalized spacial score (nSPS) is 11.1. The molecule has 0 bridgehead atoms. The number of hydrogen-bond acceptors (Lipinski definition) is 4. The van der Waals surface area contributed by atoms with Crippen molar-refractivity contribution >= 4 is 5.78 Å². The molecular weight excluding hydrogens is 266 g/mol. The highest BCUT2D eigenvalue weighted by Crippen LogP contribution is 2.13. The van der Waals surface area contributed by atoms with Crippen LogP contribution < -0.4 is 0 Å². The molecule has 0 saturated heterocycles. The van der Waals surface area contributed by atoms with Crippen LogP contribution in [0.25, 0.3) is 0 Å². The number of carbonyl (C=O) groups excluding carboxylic acids is 1. The number of nitrogens with zero attached hydrogens (tertiary/aromatic N) is 2. The lowest BCUT2D eigenvalue weighted by atomic mass is 10.1. The Labute approximate surface area is 114 Å². The van der Waals surface area contributed by atoms with Gasteiger partial charge in [0.15, 0.2) is 5.82 Å². The van der Waals surface area contributed by atoms with Crippen LogP contribution in [-0.2, 0) is 17.6 Å².